The first-order valence-corrected chi connectivity index (χ1v) is 12.5. The fraction of sp³-hybridized carbons (Fsp3) is 0.276. The molecule has 0 saturated carbocycles. The minimum Gasteiger partial charge on any atom is -0.343 e. The summed E-state index contributed by atoms with van der Waals surface area (Å²) in [5.74, 6) is -0.659. The largest absolute Gasteiger partial charge is 0.416 e. The summed E-state index contributed by atoms with van der Waals surface area (Å²) in [6.45, 7) is 1.80. The van der Waals surface area contributed by atoms with Crippen molar-refractivity contribution >= 4 is 22.5 Å². The molecule has 1 fully saturated rings. The zero-order valence-corrected chi connectivity index (χ0v) is 20.5. The Bertz CT molecular complexity index is 1460. The lowest BCUT2D eigenvalue weighted by Crippen LogP contribution is -2.29. The van der Waals surface area contributed by atoms with Crippen LogP contribution in [-0.2, 0) is 17.5 Å². The molecule has 1 amide bonds. The van der Waals surface area contributed by atoms with Gasteiger partial charge in [0, 0.05) is 61.2 Å². The van der Waals surface area contributed by atoms with Crippen LogP contribution in [0, 0.1) is 10.1 Å². The van der Waals surface area contributed by atoms with E-state index >= 15 is 0 Å². The molecule has 0 N–H and O–H groups in total. The number of nitro groups is 1. The lowest BCUT2D eigenvalue weighted by molar-refractivity contribution is -0.384. The van der Waals surface area contributed by atoms with Crippen LogP contribution in [0.3, 0.4) is 0 Å². The maximum absolute atomic E-state index is 13.3. The van der Waals surface area contributed by atoms with Gasteiger partial charge in [-0.3, -0.25) is 14.9 Å². The third kappa shape index (κ3) is 5.27. The molecule has 0 radical (unpaired) electrons. The summed E-state index contributed by atoms with van der Waals surface area (Å²) in [4.78, 5) is 26.2. The third-order valence-electron chi connectivity index (χ3n) is 7.16. The number of fused-ring (bicyclic) bond motifs is 1. The van der Waals surface area contributed by atoms with E-state index in [2.05, 4.69) is 0 Å². The number of nitro benzene ring substituents is 1. The maximum Gasteiger partial charge on any atom is 0.416 e. The highest BCUT2D eigenvalue weighted by Gasteiger charge is 2.32. The number of hydrogen-bond donors (Lipinski definition) is 0. The number of carbonyl (C=O) groups is 1. The summed E-state index contributed by atoms with van der Waals surface area (Å²) in [5.41, 5.74) is 2.14. The van der Waals surface area contributed by atoms with Crippen LogP contribution in [0.15, 0.2) is 79.0 Å². The van der Waals surface area contributed by atoms with E-state index in [-0.39, 0.29) is 18.0 Å². The monoisotopic (exact) mass is 521 g/mol. The van der Waals surface area contributed by atoms with Crippen LogP contribution in [0.4, 0.5) is 18.9 Å². The SMILES string of the molecule is O=C(CC(c1ccc(C(F)(F)F)cc1)c1cn(Cc2ccccc2)c2ccc([N+](=O)[O-])cc12)N1CCCC1. The molecular formula is C29H26F3N3O3. The number of benzene rings is 3. The Morgan fingerprint density at radius 2 is 1.66 bits per heavy atom. The van der Waals surface area contributed by atoms with E-state index in [9.17, 15) is 28.1 Å². The quantitative estimate of drug-likeness (QED) is 0.199. The van der Waals surface area contributed by atoms with Crippen molar-refractivity contribution in [2.75, 3.05) is 13.1 Å². The number of carbonyl (C=O) groups excluding carboxylic acids is 1. The Morgan fingerprint density at radius 3 is 2.29 bits per heavy atom. The van der Waals surface area contributed by atoms with Gasteiger partial charge in [0.15, 0.2) is 0 Å². The van der Waals surface area contributed by atoms with Crippen molar-refractivity contribution in [2.24, 2.45) is 0 Å². The zero-order valence-electron chi connectivity index (χ0n) is 20.5. The van der Waals surface area contributed by atoms with Gasteiger partial charge in [0.2, 0.25) is 5.91 Å². The third-order valence-corrected chi connectivity index (χ3v) is 7.16. The van der Waals surface area contributed by atoms with E-state index in [0.717, 1.165) is 36.1 Å². The minimum atomic E-state index is -4.48. The molecule has 5 rings (SSSR count). The molecule has 4 aromatic rings. The van der Waals surface area contributed by atoms with Crippen LogP contribution in [0.1, 0.15) is 47.4 Å². The van der Waals surface area contributed by atoms with Crippen LogP contribution in [-0.4, -0.2) is 33.4 Å². The minimum absolute atomic E-state index is 0.0541. The second-order valence-electron chi connectivity index (χ2n) is 9.62. The normalized spacial score (nSPS) is 14.7. The predicted molar refractivity (Wildman–Crippen MR) is 138 cm³/mol. The maximum atomic E-state index is 13.3. The van der Waals surface area contributed by atoms with Crippen LogP contribution in [0.2, 0.25) is 0 Å². The molecule has 1 aliphatic rings. The highest BCUT2D eigenvalue weighted by molar-refractivity contribution is 5.88. The van der Waals surface area contributed by atoms with Crippen molar-refractivity contribution in [3.05, 3.63) is 111 Å². The number of hydrogen-bond acceptors (Lipinski definition) is 3. The summed E-state index contributed by atoms with van der Waals surface area (Å²) in [6, 6.07) is 19.2. The van der Waals surface area contributed by atoms with Crippen molar-refractivity contribution in [1.82, 2.24) is 9.47 Å². The fourth-order valence-corrected chi connectivity index (χ4v) is 5.20. The number of amides is 1. The van der Waals surface area contributed by atoms with Crippen LogP contribution in [0.25, 0.3) is 10.9 Å². The topological polar surface area (TPSA) is 68.4 Å². The van der Waals surface area contributed by atoms with Gasteiger partial charge in [0.05, 0.1) is 10.5 Å². The van der Waals surface area contributed by atoms with Crippen LogP contribution in [0.5, 0.6) is 0 Å². The summed E-state index contributed by atoms with van der Waals surface area (Å²) in [6.07, 6.45) is -0.719. The number of aromatic nitrogens is 1. The fourth-order valence-electron chi connectivity index (χ4n) is 5.20. The van der Waals surface area contributed by atoms with E-state index in [1.807, 2.05) is 41.1 Å². The van der Waals surface area contributed by atoms with Gasteiger partial charge in [0.1, 0.15) is 0 Å². The Labute approximate surface area is 217 Å². The lowest BCUT2D eigenvalue weighted by Gasteiger charge is -2.22. The van der Waals surface area contributed by atoms with Crippen molar-refractivity contribution in [3.63, 3.8) is 0 Å². The first-order valence-electron chi connectivity index (χ1n) is 12.5. The van der Waals surface area contributed by atoms with Gasteiger partial charge < -0.3 is 9.47 Å². The number of alkyl halides is 3. The van der Waals surface area contributed by atoms with Gasteiger partial charge in [-0.15, -0.1) is 0 Å². The summed E-state index contributed by atoms with van der Waals surface area (Å²) in [5, 5.41) is 12.2. The molecule has 1 aliphatic heterocycles. The average Bonchev–Trinajstić information content (AvgIpc) is 3.56. The molecule has 0 aliphatic carbocycles. The van der Waals surface area contributed by atoms with E-state index < -0.39 is 22.6 Å². The number of halogens is 3. The second-order valence-corrected chi connectivity index (χ2v) is 9.62. The van der Waals surface area contributed by atoms with Gasteiger partial charge in [-0.2, -0.15) is 13.2 Å². The molecule has 3 aromatic carbocycles. The lowest BCUT2D eigenvalue weighted by atomic mass is 9.87. The van der Waals surface area contributed by atoms with E-state index in [1.54, 1.807) is 11.0 Å². The van der Waals surface area contributed by atoms with Crippen molar-refractivity contribution in [1.29, 1.82) is 0 Å². The molecule has 38 heavy (non-hydrogen) atoms. The predicted octanol–water partition coefficient (Wildman–Crippen LogP) is 6.76. The number of nitrogens with zero attached hydrogens (tertiary/aromatic N) is 3. The molecule has 1 unspecified atom stereocenters. The van der Waals surface area contributed by atoms with Crippen LogP contribution < -0.4 is 0 Å². The van der Waals surface area contributed by atoms with Crippen LogP contribution >= 0.6 is 0 Å². The number of non-ortho nitro benzene ring substituents is 1. The van der Waals surface area contributed by atoms with Crippen molar-refractivity contribution in [2.45, 2.75) is 37.9 Å². The molecule has 196 valence electrons. The Kier molecular flexibility index (Phi) is 6.93. The van der Waals surface area contributed by atoms with E-state index in [0.29, 0.717) is 36.1 Å². The van der Waals surface area contributed by atoms with Gasteiger partial charge in [-0.1, -0.05) is 42.5 Å². The first kappa shape index (κ1) is 25.5. The highest BCUT2D eigenvalue weighted by Crippen LogP contribution is 2.38. The summed E-state index contributed by atoms with van der Waals surface area (Å²) < 4.78 is 41.8. The zero-order chi connectivity index (χ0) is 26.9. The van der Waals surface area contributed by atoms with Gasteiger partial charge >= 0.3 is 6.18 Å². The molecule has 1 aromatic heterocycles. The summed E-state index contributed by atoms with van der Waals surface area (Å²) >= 11 is 0. The summed E-state index contributed by atoms with van der Waals surface area (Å²) in [7, 11) is 0. The second kappa shape index (κ2) is 10.3. The molecule has 6 nitrogen and oxygen atoms in total. The Morgan fingerprint density at radius 1 is 0.974 bits per heavy atom. The highest BCUT2D eigenvalue weighted by atomic mass is 19.4. The van der Waals surface area contributed by atoms with Gasteiger partial charge in [-0.05, 0) is 47.7 Å². The van der Waals surface area contributed by atoms with Crippen molar-refractivity contribution in [3.8, 4) is 0 Å². The first-order chi connectivity index (χ1) is 18.2. The molecule has 2 heterocycles. The molecule has 0 spiro atoms. The van der Waals surface area contributed by atoms with Gasteiger partial charge in [-0.25, -0.2) is 0 Å². The average molecular weight is 522 g/mol. The van der Waals surface area contributed by atoms with E-state index in [4.69, 9.17) is 0 Å². The number of rotatable bonds is 7. The Hall–Kier alpha value is -4.14. The van der Waals surface area contributed by atoms with E-state index in [1.165, 1.54) is 24.3 Å². The molecule has 9 heteroatoms. The molecule has 1 atom stereocenters. The number of likely N-dealkylation sites (tertiary alicyclic amines) is 1. The molecule has 1 saturated heterocycles. The smallest absolute Gasteiger partial charge is 0.343 e. The van der Waals surface area contributed by atoms with Crippen molar-refractivity contribution < 1.29 is 22.9 Å². The Balaban J connectivity index is 1.64. The standard InChI is InChI=1S/C29H26F3N3O3/c30-29(31,32)22-10-8-21(9-11-22)24(17-28(36)33-14-4-5-15-33)26-19-34(18-20-6-2-1-3-7-20)27-13-12-23(35(37)38)16-25(26)27/h1-3,6-13,16,19,24H,4-5,14-15,17-18H2. The molecule has 0 bridgehead atoms. The van der Waals surface area contributed by atoms with Gasteiger partial charge in [0.25, 0.3) is 5.69 Å². The molecular weight excluding hydrogens is 495 g/mol.